The molecule has 6 nitrogen and oxygen atoms in total. The fourth-order valence-electron chi connectivity index (χ4n) is 1.40. The molecule has 0 spiro atoms. The van der Waals surface area contributed by atoms with Gasteiger partial charge in [-0.3, -0.25) is 4.79 Å². The van der Waals surface area contributed by atoms with Crippen molar-refractivity contribution >= 4 is 40.3 Å². The zero-order valence-corrected chi connectivity index (χ0v) is 11.7. The summed E-state index contributed by atoms with van der Waals surface area (Å²) < 4.78 is 0.905. The molecule has 1 aromatic carbocycles. The minimum Gasteiger partial charge on any atom is -0.476 e. The van der Waals surface area contributed by atoms with Gasteiger partial charge in [-0.2, -0.15) is 0 Å². The number of halogens is 1. The number of aromatic nitrogens is 2. The largest absolute Gasteiger partial charge is 0.476 e. The number of carbonyl (C=O) groups excluding carboxylic acids is 1. The molecule has 2 aromatic rings. The molecule has 96 valence electrons. The van der Waals surface area contributed by atoms with Crippen molar-refractivity contribution in [1.29, 1.82) is 0 Å². The Morgan fingerprint density at radius 3 is 2.63 bits per heavy atom. The lowest BCUT2D eigenvalue weighted by Crippen LogP contribution is -2.17. The number of hydrogen-bond acceptors (Lipinski definition) is 4. The number of carbonyl (C=O) groups is 2. The van der Waals surface area contributed by atoms with Gasteiger partial charge in [-0.1, -0.05) is 6.07 Å². The van der Waals surface area contributed by atoms with E-state index in [0.29, 0.717) is 5.56 Å². The predicted molar refractivity (Wildman–Crippen MR) is 76.1 cm³/mol. The van der Waals surface area contributed by atoms with Crippen LogP contribution in [0.25, 0.3) is 0 Å². The summed E-state index contributed by atoms with van der Waals surface area (Å²) in [6, 6.07) is 6.91. The number of aromatic carboxylic acids is 1. The Hall–Kier alpha value is -2.03. The number of benzene rings is 1. The molecule has 7 heteroatoms. The third-order valence-corrected chi connectivity index (χ3v) is 2.89. The first-order chi connectivity index (χ1) is 9.08. The normalized spacial score (nSPS) is 9.95. The van der Waals surface area contributed by atoms with Gasteiger partial charge in [0.1, 0.15) is 0 Å². The highest BCUT2D eigenvalue weighted by molar-refractivity contribution is 14.1. The van der Waals surface area contributed by atoms with Gasteiger partial charge in [-0.25, -0.2) is 14.8 Å². The van der Waals surface area contributed by atoms with Gasteiger partial charge < -0.3 is 10.4 Å². The van der Waals surface area contributed by atoms with E-state index < -0.39 is 11.9 Å². The second-order valence-electron chi connectivity index (χ2n) is 3.52. The van der Waals surface area contributed by atoms with Gasteiger partial charge in [-0.15, -0.1) is 0 Å². The van der Waals surface area contributed by atoms with E-state index in [2.05, 4.69) is 37.9 Å². The van der Waals surface area contributed by atoms with E-state index >= 15 is 0 Å². The highest BCUT2D eigenvalue weighted by Crippen LogP contribution is 2.12. The van der Waals surface area contributed by atoms with Crippen LogP contribution in [0.1, 0.15) is 20.8 Å². The molecule has 0 unspecified atom stereocenters. The highest BCUT2D eigenvalue weighted by atomic mass is 127. The summed E-state index contributed by atoms with van der Waals surface area (Å²) >= 11 is 2.09. The first-order valence-corrected chi connectivity index (χ1v) is 6.27. The average Bonchev–Trinajstić information content (AvgIpc) is 2.39. The van der Waals surface area contributed by atoms with E-state index in [1.165, 1.54) is 12.4 Å². The quantitative estimate of drug-likeness (QED) is 0.808. The lowest BCUT2D eigenvalue weighted by atomic mass is 10.2. The topological polar surface area (TPSA) is 92.2 Å². The Morgan fingerprint density at radius 2 is 1.95 bits per heavy atom. The fourth-order valence-corrected chi connectivity index (χ4v) is 1.94. The number of carboxylic acids is 1. The molecule has 2 N–H and O–H groups in total. The van der Waals surface area contributed by atoms with Crippen LogP contribution >= 0.6 is 22.6 Å². The number of rotatable bonds is 3. The summed E-state index contributed by atoms with van der Waals surface area (Å²) in [5.74, 6) is -1.74. The van der Waals surface area contributed by atoms with E-state index in [0.717, 1.165) is 3.57 Å². The van der Waals surface area contributed by atoms with Crippen LogP contribution in [-0.2, 0) is 0 Å². The lowest BCUT2D eigenvalue weighted by Gasteiger charge is -2.06. The Balaban J connectivity index is 2.27. The van der Waals surface area contributed by atoms with Crippen LogP contribution in [0.2, 0.25) is 0 Å². The van der Waals surface area contributed by atoms with E-state index in [9.17, 15) is 9.59 Å². The smallest absolute Gasteiger partial charge is 0.358 e. The zero-order chi connectivity index (χ0) is 13.8. The maximum absolute atomic E-state index is 12.0. The molecule has 0 aliphatic heterocycles. The van der Waals surface area contributed by atoms with Crippen molar-refractivity contribution in [2.24, 2.45) is 0 Å². The highest BCUT2D eigenvalue weighted by Gasteiger charge is 2.15. The molecule has 0 bridgehead atoms. The molecule has 0 saturated heterocycles. The third-order valence-electron chi connectivity index (χ3n) is 2.22. The van der Waals surface area contributed by atoms with Crippen LogP contribution < -0.4 is 5.32 Å². The first kappa shape index (κ1) is 13.4. The SMILES string of the molecule is O=C(Nc1nccnc1C(=O)O)c1cccc(I)c1. The first-order valence-electron chi connectivity index (χ1n) is 5.19. The molecular weight excluding hydrogens is 361 g/mol. The van der Waals surface area contributed by atoms with Crippen LogP contribution in [0.3, 0.4) is 0 Å². The van der Waals surface area contributed by atoms with Gasteiger partial charge in [-0.05, 0) is 40.8 Å². The van der Waals surface area contributed by atoms with E-state index in [4.69, 9.17) is 5.11 Å². The number of amides is 1. The Kier molecular flexibility index (Phi) is 4.05. The fraction of sp³-hybridized carbons (Fsp3) is 0. The standard InChI is InChI=1S/C12H8IN3O3/c13-8-3-1-2-7(6-8)11(17)16-10-9(12(18)19)14-4-5-15-10/h1-6H,(H,18,19)(H,15,16,17). The maximum Gasteiger partial charge on any atom is 0.358 e. The molecule has 0 fully saturated rings. The van der Waals surface area contributed by atoms with Gasteiger partial charge in [0.2, 0.25) is 0 Å². The summed E-state index contributed by atoms with van der Waals surface area (Å²) in [4.78, 5) is 30.4. The van der Waals surface area contributed by atoms with Crippen LogP contribution in [0.5, 0.6) is 0 Å². The van der Waals surface area contributed by atoms with Gasteiger partial charge in [0.15, 0.2) is 11.5 Å². The number of hydrogen-bond donors (Lipinski definition) is 2. The molecule has 2 rings (SSSR count). The van der Waals surface area contributed by atoms with Crippen LogP contribution in [0.4, 0.5) is 5.82 Å². The summed E-state index contributed by atoms with van der Waals surface area (Å²) in [5, 5.41) is 11.4. The summed E-state index contributed by atoms with van der Waals surface area (Å²) in [6.45, 7) is 0. The number of anilines is 1. The Morgan fingerprint density at radius 1 is 1.21 bits per heavy atom. The van der Waals surface area contributed by atoms with Crippen molar-refractivity contribution < 1.29 is 14.7 Å². The number of nitrogens with one attached hydrogen (secondary N) is 1. The van der Waals surface area contributed by atoms with Crippen molar-refractivity contribution in [3.8, 4) is 0 Å². The van der Waals surface area contributed by atoms with Crippen molar-refractivity contribution in [3.63, 3.8) is 0 Å². The monoisotopic (exact) mass is 369 g/mol. The Labute approximate surface area is 122 Å². The lowest BCUT2D eigenvalue weighted by molar-refractivity contribution is 0.0691. The van der Waals surface area contributed by atoms with Gasteiger partial charge in [0.05, 0.1) is 0 Å². The molecule has 0 radical (unpaired) electrons. The van der Waals surface area contributed by atoms with Gasteiger partial charge >= 0.3 is 5.97 Å². The average molecular weight is 369 g/mol. The molecule has 0 atom stereocenters. The van der Waals surface area contributed by atoms with Crippen molar-refractivity contribution in [1.82, 2.24) is 9.97 Å². The molecule has 0 aliphatic rings. The molecule has 19 heavy (non-hydrogen) atoms. The third kappa shape index (κ3) is 3.25. The minimum atomic E-state index is -1.24. The number of carboxylic acid groups (broad SMARTS) is 1. The van der Waals surface area contributed by atoms with E-state index in [1.54, 1.807) is 18.2 Å². The minimum absolute atomic E-state index is 0.0705. The second-order valence-corrected chi connectivity index (χ2v) is 4.77. The molecule has 1 aromatic heterocycles. The molecule has 1 amide bonds. The summed E-state index contributed by atoms with van der Waals surface area (Å²) in [5.41, 5.74) is 0.135. The van der Waals surface area contributed by atoms with Gasteiger partial charge in [0, 0.05) is 21.5 Å². The van der Waals surface area contributed by atoms with Crippen molar-refractivity contribution in [3.05, 3.63) is 51.5 Å². The van der Waals surface area contributed by atoms with Crippen LogP contribution in [0.15, 0.2) is 36.7 Å². The summed E-state index contributed by atoms with van der Waals surface area (Å²) in [7, 11) is 0. The van der Waals surface area contributed by atoms with Gasteiger partial charge in [0.25, 0.3) is 5.91 Å². The van der Waals surface area contributed by atoms with Crippen LogP contribution in [-0.4, -0.2) is 27.0 Å². The Bertz CT molecular complexity index is 646. The molecule has 1 heterocycles. The molecule has 0 aliphatic carbocycles. The summed E-state index contributed by atoms with van der Waals surface area (Å²) in [6.07, 6.45) is 2.57. The zero-order valence-electron chi connectivity index (χ0n) is 9.50. The molecule has 0 saturated carbocycles. The van der Waals surface area contributed by atoms with Crippen molar-refractivity contribution in [2.45, 2.75) is 0 Å². The van der Waals surface area contributed by atoms with Crippen molar-refractivity contribution in [2.75, 3.05) is 5.32 Å². The molecular formula is C12H8IN3O3. The predicted octanol–water partition coefficient (Wildman–Crippen LogP) is 2.03. The number of nitrogens with zero attached hydrogens (tertiary/aromatic N) is 2. The van der Waals surface area contributed by atoms with Crippen LogP contribution in [0, 0.1) is 3.57 Å². The van der Waals surface area contributed by atoms with E-state index in [-0.39, 0.29) is 11.5 Å². The van der Waals surface area contributed by atoms with E-state index in [1.807, 2.05) is 6.07 Å². The second kappa shape index (κ2) is 5.74. The maximum atomic E-state index is 12.0.